The molecule has 5 nitrogen and oxygen atoms in total. The fourth-order valence-corrected chi connectivity index (χ4v) is 5.67. The summed E-state index contributed by atoms with van der Waals surface area (Å²) in [4.78, 5) is 11.8. The van der Waals surface area contributed by atoms with Crippen molar-refractivity contribution in [3.63, 3.8) is 0 Å². The van der Waals surface area contributed by atoms with Gasteiger partial charge in [0.05, 0.1) is 11.6 Å². The first kappa shape index (κ1) is 18.5. The average molecular weight is 368 g/mol. The third-order valence-electron chi connectivity index (χ3n) is 6.11. The number of carbonyl (C=O) groups is 1. The molecule has 0 radical (unpaired) electrons. The summed E-state index contributed by atoms with van der Waals surface area (Å²) in [6.07, 6.45) is 3.12. The van der Waals surface area contributed by atoms with E-state index >= 15 is 0 Å². The molecule has 2 aliphatic rings. The van der Waals surface area contributed by atoms with Crippen LogP contribution in [0, 0.1) is 5.92 Å². The van der Waals surface area contributed by atoms with E-state index in [1.165, 1.54) is 0 Å². The summed E-state index contributed by atoms with van der Waals surface area (Å²) in [7, 11) is 1.58. The van der Waals surface area contributed by atoms with Crippen LogP contribution < -0.4 is 5.32 Å². The lowest BCUT2D eigenvalue weighted by Crippen LogP contribution is -2.67. The molecule has 1 amide bonds. The van der Waals surface area contributed by atoms with Gasteiger partial charge in [-0.1, -0.05) is 36.7 Å². The van der Waals surface area contributed by atoms with Crippen LogP contribution in [-0.2, 0) is 14.9 Å². The van der Waals surface area contributed by atoms with Gasteiger partial charge in [-0.3, -0.25) is 0 Å². The summed E-state index contributed by atoms with van der Waals surface area (Å²) in [5.41, 5.74) is -0.00655. The van der Waals surface area contributed by atoms with Crippen molar-refractivity contribution in [2.45, 2.75) is 56.1 Å². The molecule has 6 heteroatoms. The molecular weight excluding hydrogens is 342 g/mol. The van der Waals surface area contributed by atoms with E-state index < -0.39 is 11.6 Å². The number of ether oxygens (including phenoxy) is 2. The van der Waals surface area contributed by atoms with Crippen LogP contribution in [0.15, 0.2) is 24.3 Å². The highest BCUT2D eigenvalue weighted by molar-refractivity contribution is 6.31. The van der Waals surface area contributed by atoms with Crippen molar-refractivity contribution in [3.8, 4) is 0 Å². The lowest BCUT2D eigenvalue weighted by atomic mass is 9.61. The Labute approximate surface area is 153 Å². The second kappa shape index (κ2) is 7.14. The molecule has 138 valence electrons. The summed E-state index contributed by atoms with van der Waals surface area (Å²) in [5.74, 6) is 0.475. The van der Waals surface area contributed by atoms with Gasteiger partial charge in [-0.25, -0.2) is 4.79 Å². The quantitative estimate of drug-likeness (QED) is 0.709. The van der Waals surface area contributed by atoms with E-state index in [1.54, 1.807) is 7.11 Å². The second-order valence-corrected chi connectivity index (χ2v) is 7.65. The Morgan fingerprint density at radius 3 is 2.80 bits per heavy atom. The Kier molecular flexibility index (Phi) is 5.28. The van der Waals surface area contributed by atoms with Gasteiger partial charge in [-0.05, 0) is 49.7 Å². The third-order valence-corrected chi connectivity index (χ3v) is 6.44. The molecule has 0 aromatic heterocycles. The first-order chi connectivity index (χ1) is 12.0. The number of amides is 1. The zero-order valence-corrected chi connectivity index (χ0v) is 15.5. The number of nitrogens with one attached hydrogen (secondary N) is 1. The highest BCUT2D eigenvalue weighted by Gasteiger charge is 2.66. The van der Waals surface area contributed by atoms with Gasteiger partial charge in [0, 0.05) is 17.5 Å². The van der Waals surface area contributed by atoms with Crippen LogP contribution in [0.2, 0.25) is 5.02 Å². The Hall–Kier alpha value is -1.30. The standard InChI is InChI=1S/C19H26ClNO4/c1-3-16(25-12-24-2)19(21-17(22)23)11-13-8-9-18(19,10-13)14-6-4-5-7-15(14)20/h4-7,13,16,21H,3,8-12H2,1-2H3,(H,22,23)/t13?,16?,18-,19+/m0/s1. The minimum Gasteiger partial charge on any atom is -0.465 e. The molecule has 0 saturated heterocycles. The summed E-state index contributed by atoms with van der Waals surface area (Å²) in [5, 5.41) is 13.2. The van der Waals surface area contributed by atoms with Gasteiger partial charge in [-0.15, -0.1) is 0 Å². The lowest BCUT2D eigenvalue weighted by molar-refractivity contribution is -0.118. The molecule has 3 rings (SSSR count). The van der Waals surface area contributed by atoms with E-state index in [0.29, 0.717) is 17.4 Å². The molecule has 2 aliphatic carbocycles. The third kappa shape index (κ3) is 2.92. The number of rotatable bonds is 7. The maximum Gasteiger partial charge on any atom is 0.405 e. The van der Waals surface area contributed by atoms with E-state index in [-0.39, 0.29) is 18.3 Å². The van der Waals surface area contributed by atoms with Crippen LogP contribution >= 0.6 is 11.6 Å². The topological polar surface area (TPSA) is 67.8 Å². The molecule has 1 aromatic carbocycles. The van der Waals surface area contributed by atoms with Crippen molar-refractivity contribution in [2.75, 3.05) is 13.9 Å². The predicted octanol–water partition coefficient (Wildman–Crippen LogP) is 4.19. The van der Waals surface area contributed by atoms with Gasteiger partial charge in [-0.2, -0.15) is 0 Å². The fraction of sp³-hybridized carbons (Fsp3) is 0.632. The molecule has 2 saturated carbocycles. The molecule has 0 spiro atoms. The number of hydrogen-bond donors (Lipinski definition) is 2. The molecule has 2 N–H and O–H groups in total. The van der Waals surface area contributed by atoms with Crippen LogP contribution in [0.4, 0.5) is 4.79 Å². The first-order valence-corrected chi connectivity index (χ1v) is 9.23. The van der Waals surface area contributed by atoms with Crippen molar-refractivity contribution in [3.05, 3.63) is 34.9 Å². The zero-order valence-electron chi connectivity index (χ0n) is 14.8. The van der Waals surface area contributed by atoms with Gasteiger partial charge in [0.15, 0.2) is 0 Å². The summed E-state index contributed by atoms with van der Waals surface area (Å²) in [6, 6.07) is 7.82. The summed E-state index contributed by atoms with van der Waals surface area (Å²) < 4.78 is 11.1. The number of halogens is 1. The van der Waals surface area contributed by atoms with Crippen molar-refractivity contribution in [1.29, 1.82) is 0 Å². The summed E-state index contributed by atoms with van der Waals surface area (Å²) >= 11 is 6.57. The maximum absolute atomic E-state index is 11.8. The molecule has 0 heterocycles. The van der Waals surface area contributed by atoms with E-state index in [4.69, 9.17) is 21.1 Å². The largest absolute Gasteiger partial charge is 0.465 e. The molecule has 2 bridgehead atoms. The smallest absolute Gasteiger partial charge is 0.405 e. The van der Waals surface area contributed by atoms with E-state index in [2.05, 4.69) is 5.32 Å². The zero-order chi connectivity index (χ0) is 18.1. The first-order valence-electron chi connectivity index (χ1n) is 8.85. The van der Waals surface area contributed by atoms with Crippen molar-refractivity contribution in [2.24, 2.45) is 5.92 Å². The van der Waals surface area contributed by atoms with Crippen LogP contribution in [0.3, 0.4) is 0 Å². The highest BCUT2D eigenvalue weighted by atomic mass is 35.5. The molecule has 25 heavy (non-hydrogen) atoms. The Morgan fingerprint density at radius 2 is 2.20 bits per heavy atom. The maximum atomic E-state index is 11.8. The number of methoxy groups -OCH3 is 1. The highest BCUT2D eigenvalue weighted by Crippen LogP contribution is 2.63. The Bertz CT molecular complexity index is 640. The minimum atomic E-state index is -1.02. The Morgan fingerprint density at radius 1 is 1.44 bits per heavy atom. The van der Waals surface area contributed by atoms with E-state index in [0.717, 1.165) is 31.2 Å². The molecule has 0 aliphatic heterocycles. The fourth-order valence-electron chi connectivity index (χ4n) is 5.35. The Balaban J connectivity index is 2.12. The van der Waals surface area contributed by atoms with Crippen molar-refractivity contribution >= 4 is 17.7 Å². The molecule has 1 aromatic rings. The second-order valence-electron chi connectivity index (χ2n) is 7.25. The monoisotopic (exact) mass is 367 g/mol. The summed E-state index contributed by atoms with van der Waals surface area (Å²) in [6.45, 7) is 2.17. The van der Waals surface area contributed by atoms with Gasteiger partial charge < -0.3 is 19.9 Å². The normalized spacial score (nSPS) is 31.9. The van der Waals surface area contributed by atoms with E-state index in [9.17, 15) is 9.90 Å². The molecule has 2 fully saturated rings. The van der Waals surface area contributed by atoms with Crippen LogP contribution in [-0.4, -0.2) is 36.7 Å². The van der Waals surface area contributed by atoms with Gasteiger partial charge in [0.25, 0.3) is 0 Å². The number of fused-ring (bicyclic) bond motifs is 2. The molecule has 4 atom stereocenters. The van der Waals surface area contributed by atoms with Crippen molar-refractivity contribution in [1.82, 2.24) is 5.32 Å². The minimum absolute atomic E-state index is 0.144. The van der Waals surface area contributed by atoms with Gasteiger partial charge >= 0.3 is 6.09 Å². The predicted molar refractivity (Wildman–Crippen MR) is 96.0 cm³/mol. The van der Waals surface area contributed by atoms with Gasteiger partial charge in [0.1, 0.15) is 6.79 Å². The van der Waals surface area contributed by atoms with Crippen LogP contribution in [0.5, 0.6) is 0 Å². The van der Waals surface area contributed by atoms with Crippen LogP contribution in [0.1, 0.15) is 44.6 Å². The lowest BCUT2D eigenvalue weighted by Gasteiger charge is -2.51. The van der Waals surface area contributed by atoms with Crippen LogP contribution in [0.25, 0.3) is 0 Å². The van der Waals surface area contributed by atoms with Gasteiger partial charge in [0.2, 0.25) is 0 Å². The average Bonchev–Trinajstić information content (AvgIpc) is 3.12. The molecular formula is C19H26ClNO4. The SMILES string of the molecule is CCC(OCOC)[C@]1(NC(=O)O)CC2CC[C@@]1(c1ccccc1Cl)C2. The van der Waals surface area contributed by atoms with E-state index in [1.807, 2.05) is 31.2 Å². The number of carboxylic acid groups (broad SMARTS) is 1. The van der Waals surface area contributed by atoms with Crippen molar-refractivity contribution < 1.29 is 19.4 Å². The number of benzene rings is 1. The molecule has 2 unspecified atom stereocenters. The number of hydrogen-bond acceptors (Lipinski definition) is 3.